The zero-order chi connectivity index (χ0) is 22.9. The molecule has 7 nitrogen and oxygen atoms in total. The molecule has 4 rings (SSSR count). The third-order valence-electron chi connectivity index (χ3n) is 6.37. The van der Waals surface area contributed by atoms with Gasteiger partial charge in [0, 0.05) is 38.8 Å². The van der Waals surface area contributed by atoms with Crippen molar-refractivity contribution in [1.29, 1.82) is 0 Å². The SMILES string of the molecule is CC1CCN(CCN2CCC(NC(=O)c3ccc4nc(N)cc(C(F)(F)F)c4n3)CC2)C1. The molecule has 174 valence electrons. The van der Waals surface area contributed by atoms with E-state index in [0.29, 0.717) is 0 Å². The van der Waals surface area contributed by atoms with Crippen LogP contribution in [-0.4, -0.2) is 71.0 Å². The molecule has 2 aliphatic rings. The number of halogens is 3. The predicted octanol–water partition coefficient (Wildman–Crippen LogP) is 2.77. The zero-order valence-electron chi connectivity index (χ0n) is 18.2. The van der Waals surface area contributed by atoms with Gasteiger partial charge in [-0.25, -0.2) is 9.97 Å². The normalized spacial score (nSPS) is 21.3. The average molecular weight is 451 g/mol. The number of nitrogens with two attached hydrogens (primary N) is 1. The number of hydrogen-bond acceptors (Lipinski definition) is 6. The number of carbonyl (C=O) groups is 1. The van der Waals surface area contributed by atoms with Crippen molar-refractivity contribution in [2.24, 2.45) is 5.92 Å². The minimum atomic E-state index is -4.64. The number of rotatable bonds is 5. The second kappa shape index (κ2) is 9.19. The molecule has 1 amide bonds. The lowest BCUT2D eigenvalue weighted by molar-refractivity contribution is -0.136. The number of fused-ring (bicyclic) bond motifs is 1. The van der Waals surface area contributed by atoms with Crippen molar-refractivity contribution in [1.82, 2.24) is 25.1 Å². The molecule has 4 heterocycles. The number of nitrogen functional groups attached to an aromatic ring is 1. The molecule has 0 saturated carbocycles. The third-order valence-corrected chi connectivity index (χ3v) is 6.37. The number of alkyl halides is 3. The summed E-state index contributed by atoms with van der Waals surface area (Å²) in [5, 5.41) is 2.93. The quantitative estimate of drug-likeness (QED) is 0.729. The Bertz CT molecular complexity index is 974. The van der Waals surface area contributed by atoms with Crippen LogP contribution in [0.1, 0.15) is 42.2 Å². The van der Waals surface area contributed by atoms with Crippen LogP contribution in [0.2, 0.25) is 0 Å². The van der Waals surface area contributed by atoms with E-state index in [2.05, 4.69) is 32.0 Å². The second-order valence-corrected chi connectivity index (χ2v) is 8.94. The molecular weight excluding hydrogens is 421 g/mol. The highest BCUT2D eigenvalue weighted by Gasteiger charge is 2.34. The Morgan fingerprint density at radius 1 is 1.12 bits per heavy atom. The molecule has 0 aliphatic carbocycles. The Labute approximate surface area is 185 Å². The molecule has 32 heavy (non-hydrogen) atoms. The van der Waals surface area contributed by atoms with Gasteiger partial charge in [-0.2, -0.15) is 13.2 Å². The summed E-state index contributed by atoms with van der Waals surface area (Å²) in [6.07, 6.45) is -1.76. The first-order valence-electron chi connectivity index (χ1n) is 11.1. The molecule has 2 saturated heterocycles. The Balaban J connectivity index is 1.35. The number of hydrogen-bond donors (Lipinski definition) is 2. The van der Waals surface area contributed by atoms with E-state index in [1.807, 2.05) is 0 Å². The standard InChI is InChI=1S/C22H29F3N6O/c1-14-4-7-31(13-14)11-10-30-8-5-15(6-9-30)27-21(32)18-3-2-17-20(29-18)16(22(23,24)25)12-19(26)28-17/h2-3,12,14-15H,4-11,13H2,1H3,(H2,26,28)(H,27,32). The van der Waals surface area contributed by atoms with Crippen molar-refractivity contribution in [2.75, 3.05) is 45.0 Å². The summed E-state index contributed by atoms with van der Waals surface area (Å²) in [5.74, 6) is 0.0659. The number of nitrogens with one attached hydrogen (secondary N) is 1. The maximum Gasteiger partial charge on any atom is 0.418 e. The van der Waals surface area contributed by atoms with E-state index in [1.165, 1.54) is 31.6 Å². The Morgan fingerprint density at radius 3 is 2.47 bits per heavy atom. The number of likely N-dealkylation sites (tertiary alicyclic amines) is 2. The van der Waals surface area contributed by atoms with E-state index < -0.39 is 17.6 Å². The van der Waals surface area contributed by atoms with Gasteiger partial charge in [0.25, 0.3) is 5.91 Å². The summed E-state index contributed by atoms with van der Waals surface area (Å²) in [6, 6.07) is 3.46. The highest BCUT2D eigenvalue weighted by atomic mass is 19.4. The number of aromatic nitrogens is 2. The number of amides is 1. The van der Waals surface area contributed by atoms with Crippen molar-refractivity contribution in [3.63, 3.8) is 0 Å². The fourth-order valence-electron chi connectivity index (χ4n) is 4.54. The molecule has 3 N–H and O–H groups in total. The van der Waals surface area contributed by atoms with Gasteiger partial charge in [0.15, 0.2) is 0 Å². The summed E-state index contributed by atoms with van der Waals surface area (Å²) in [5.41, 5.74) is 4.09. The van der Waals surface area contributed by atoms with E-state index in [-0.39, 0.29) is 28.6 Å². The number of nitrogens with zero attached hydrogens (tertiary/aromatic N) is 4. The summed E-state index contributed by atoms with van der Waals surface area (Å²) < 4.78 is 40.2. The topological polar surface area (TPSA) is 87.4 Å². The van der Waals surface area contributed by atoms with Crippen LogP contribution in [0, 0.1) is 5.92 Å². The fourth-order valence-corrected chi connectivity index (χ4v) is 4.54. The first-order valence-corrected chi connectivity index (χ1v) is 11.1. The summed E-state index contributed by atoms with van der Waals surface area (Å²) in [7, 11) is 0. The molecule has 0 bridgehead atoms. The number of piperidine rings is 1. The van der Waals surface area contributed by atoms with E-state index in [9.17, 15) is 18.0 Å². The van der Waals surface area contributed by atoms with Crippen LogP contribution in [0.25, 0.3) is 11.0 Å². The Kier molecular flexibility index (Phi) is 6.52. The lowest BCUT2D eigenvalue weighted by Gasteiger charge is -2.33. The van der Waals surface area contributed by atoms with Crippen LogP contribution < -0.4 is 11.1 Å². The van der Waals surface area contributed by atoms with E-state index in [1.54, 1.807) is 0 Å². The van der Waals surface area contributed by atoms with Gasteiger partial charge in [-0.3, -0.25) is 4.79 Å². The van der Waals surface area contributed by atoms with Gasteiger partial charge in [-0.15, -0.1) is 0 Å². The fraction of sp³-hybridized carbons (Fsp3) is 0.591. The molecule has 1 unspecified atom stereocenters. The number of carbonyl (C=O) groups excluding carboxylic acids is 1. The van der Waals surface area contributed by atoms with Crippen molar-refractivity contribution >= 4 is 22.8 Å². The molecule has 2 aromatic rings. The molecule has 0 radical (unpaired) electrons. The monoisotopic (exact) mass is 450 g/mol. The lowest BCUT2D eigenvalue weighted by atomic mass is 10.0. The van der Waals surface area contributed by atoms with Crippen LogP contribution >= 0.6 is 0 Å². The summed E-state index contributed by atoms with van der Waals surface area (Å²) in [6.45, 7) is 8.50. The van der Waals surface area contributed by atoms with Crippen molar-refractivity contribution in [3.05, 3.63) is 29.5 Å². The van der Waals surface area contributed by atoms with Crippen LogP contribution in [0.15, 0.2) is 18.2 Å². The molecule has 2 aliphatic heterocycles. The lowest BCUT2D eigenvalue weighted by Crippen LogP contribution is -2.46. The van der Waals surface area contributed by atoms with Crippen molar-refractivity contribution in [2.45, 2.75) is 38.4 Å². The van der Waals surface area contributed by atoms with E-state index >= 15 is 0 Å². The third kappa shape index (κ3) is 5.29. The van der Waals surface area contributed by atoms with Crippen LogP contribution in [0.3, 0.4) is 0 Å². The van der Waals surface area contributed by atoms with Crippen LogP contribution in [0.5, 0.6) is 0 Å². The number of pyridine rings is 2. The molecular formula is C22H29F3N6O. The van der Waals surface area contributed by atoms with Gasteiger partial charge in [0.1, 0.15) is 17.0 Å². The van der Waals surface area contributed by atoms with E-state index in [4.69, 9.17) is 5.73 Å². The first-order chi connectivity index (χ1) is 15.2. The van der Waals surface area contributed by atoms with Gasteiger partial charge in [0.2, 0.25) is 0 Å². The van der Waals surface area contributed by atoms with Crippen LogP contribution in [-0.2, 0) is 6.18 Å². The molecule has 1 atom stereocenters. The maximum absolute atomic E-state index is 13.4. The highest BCUT2D eigenvalue weighted by molar-refractivity contribution is 5.95. The Morgan fingerprint density at radius 2 is 1.81 bits per heavy atom. The molecule has 0 spiro atoms. The van der Waals surface area contributed by atoms with Gasteiger partial charge >= 0.3 is 6.18 Å². The molecule has 0 aromatic carbocycles. The summed E-state index contributed by atoms with van der Waals surface area (Å²) >= 11 is 0. The summed E-state index contributed by atoms with van der Waals surface area (Å²) in [4.78, 5) is 25.5. The van der Waals surface area contributed by atoms with Gasteiger partial charge < -0.3 is 20.9 Å². The van der Waals surface area contributed by atoms with E-state index in [0.717, 1.165) is 51.0 Å². The van der Waals surface area contributed by atoms with Crippen molar-refractivity contribution in [3.8, 4) is 0 Å². The van der Waals surface area contributed by atoms with Gasteiger partial charge in [0.05, 0.1) is 11.1 Å². The highest BCUT2D eigenvalue weighted by Crippen LogP contribution is 2.34. The molecule has 10 heteroatoms. The number of anilines is 1. The van der Waals surface area contributed by atoms with Crippen LogP contribution in [0.4, 0.5) is 19.0 Å². The van der Waals surface area contributed by atoms with Gasteiger partial charge in [-0.05, 0) is 49.9 Å². The maximum atomic E-state index is 13.4. The average Bonchev–Trinajstić information content (AvgIpc) is 3.16. The Hall–Kier alpha value is -2.46. The first kappa shape index (κ1) is 22.7. The van der Waals surface area contributed by atoms with Crippen molar-refractivity contribution < 1.29 is 18.0 Å². The minimum Gasteiger partial charge on any atom is -0.384 e. The van der Waals surface area contributed by atoms with Gasteiger partial charge in [-0.1, -0.05) is 6.92 Å². The molecule has 2 fully saturated rings. The molecule has 2 aromatic heterocycles. The second-order valence-electron chi connectivity index (χ2n) is 8.94. The predicted molar refractivity (Wildman–Crippen MR) is 116 cm³/mol. The zero-order valence-corrected chi connectivity index (χ0v) is 18.2. The smallest absolute Gasteiger partial charge is 0.384 e. The largest absolute Gasteiger partial charge is 0.418 e. The minimum absolute atomic E-state index is 0.00887.